The van der Waals surface area contributed by atoms with Crippen LogP contribution in [0.2, 0.25) is 0 Å². The summed E-state index contributed by atoms with van der Waals surface area (Å²) in [6.45, 7) is 3.93. The molecule has 0 amide bonds. The van der Waals surface area contributed by atoms with E-state index in [-0.39, 0.29) is 6.04 Å². The van der Waals surface area contributed by atoms with Gasteiger partial charge in [-0.2, -0.15) is 0 Å². The number of rotatable bonds is 4. The molecular formula is C12H16N4S. The van der Waals surface area contributed by atoms with E-state index in [4.69, 9.17) is 0 Å². The summed E-state index contributed by atoms with van der Waals surface area (Å²) in [5.41, 5.74) is 2.13. The van der Waals surface area contributed by atoms with Gasteiger partial charge in [0, 0.05) is 18.0 Å². The van der Waals surface area contributed by atoms with Crippen LogP contribution in [0, 0.1) is 13.8 Å². The Kier molecular flexibility index (Phi) is 3.81. The van der Waals surface area contributed by atoms with E-state index < -0.39 is 0 Å². The Balaban J connectivity index is 2.16. The van der Waals surface area contributed by atoms with Gasteiger partial charge in [-0.15, -0.1) is 11.3 Å². The van der Waals surface area contributed by atoms with Crippen molar-refractivity contribution < 1.29 is 0 Å². The van der Waals surface area contributed by atoms with Gasteiger partial charge in [0.05, 0.1) is 22.4 Å². The lowest BCUT2D eigenvalue weighted by Crippen LogP contribution is -2.20. The minimum absolute atomic E-state index is 0.193. The van der Waals surface area contributed by atoms with E-state index in [0.717, 1.165) is 28.6 Å². The maximum Gasteiger partial charge on any atom is 0.125 e. The van der Waals surface area contributed by atoms with Crippen molar-refractivity contribution >= 4 is 11.3 Å². The molecule has 2 heterocycles. The second-order valence-corrected chi connectivity index (χ2v) is 4.99. The maximum absolute atomic E-state index is 4.48. The average molecular weight is 248 g/mol. The predicted octanol–water partition coefficient (Wildman–Crippen LogP) is 2.05. The Bertz CT molecular complexity index is 495. The Labute approximate surface area is 105 Å². The molecule has 0 fully saturated rings. The van der Waals surface area contributed by atoms with Gasteiger partial charge in [-0.3, -0.25) is 0 Å². The number of aryl methyl sites for hydroxylation is 2. The van der Waals surface area contributed by atoms with Crippen LogP contribution in [0.3, 0.4) is 0 Å². The predicted molar refractivity (Wildman–Crippen MR) is 69.1 cm³/mol. The third kappa shape index (κ3) is 3.08. The lowest BCUT2D eigenvalue weighted by Gasteiger charge is -2.14. The van der Waals surface area contributed by atoms with E-state index in [2.05, 4.69) is 25.6 Å². The molecule has 0 aliphatic carbocycles. The minimum atomic E-state index is 0.193. The SMILES string of the molecule is CNC(Cc1csc(C)n1)c1ccnc(C)n1. The number of aromatic nitrogens is 3. The van der Waals surface area contributed by atoms with E-state index in [0.29, 0.717) is 0 Å². The van der Waals surface area contributed by atoms with Crippen LogP contribution in [0.15, 0.2) is 17.6 Å². The topological polar surface area (TPSA) is 50.7 Å². The highest BCUT2D eigenvalue weighted by molar-refractivity contribution is 7.09. The van der Waals surface area contributed by atoms with Crippen LogP contribution < -0.4 is 5.32 Å². The van der Waals surface area contributed by atoms with Crippen molar-refractivity contribution in [1.29, 1.82) is 0 Å². The van der Waals surface area contributed by atoms with E-state index in [1.165, 1.54) is 0 Å². The van der Waals surface area contributed by atoms with Crippen molar-refractivity contribution in [2.24, 2.45) is 0 Å². The van der Waals surface area contributed by atoms with Crippen LogP contribution in [0.4, 0.5) is 0 Å². The van der Waals surface area contributed by atoms with E-state index in [1.54, 1.807) is 17.5 Å². The molecule has 1 N–H and O–H groups in total. The first-order valence-electron chi connectivity index (χ1n) is 5.57. The van der Waals surface area contributed by atoms with Crippen LogP contribution >= 0.6 is 11.3 Å². The molecule has 0 saturated heterocycles. The Hall–Kier alpha value is -1.33. The summed E-state index contributed by atoms with van der Waals surface area (Å²) < 4.78 is 0. The van der Waals surface area contributed by atoms with Crippen LogP contribution in [0.5, 0.6) is 0 Å². The molecule has 90 valence electrons. The molecule has 1 atom stereocenters. The summed E-state index contributed by atoms with van der Waals surface area (Å²) in [5.74, 6) is 0.803. The highest BCUT2D eigenvalue weighted by Crippen LogP contribution is 2.17. The second kappa shape index (κ2) is 5.33. The number of hydrogen-bond acceptors (Lipinski definition) is 5. The molecule has 0 aromatic carbocycles. The summed E-state index contributed by atoms with van der Waals surface area (Å²) in [7, 11) is 1.95. The average Bonchev–Trinajstić information content (AvgIpc) is 2.72. The third-order valence-corrected chi connectivity index (χ3v) is 3.41. The smallest absolute Gasteiger partial charge is 0.125 e. The molecule has 4 nitrogen and oxygen atoms in total. The molecule has 2 aromatic heterocycles. The van der Waals surface area contributed by atoms with Crippen molar-refractivity contribution in [3.8, 4) is 0 Å². The van der Waals surface area contributed by atoms with E-state index >= 15 is 0 Å². The summed E-state index contributed by atoms with van der Waals surface area (Å²) in [6, 6.07) is 2.14. The molecule has 0 spiro atoms. The monoisotopic (exact) mass is 248 g/mol. The van der Waals surface area contributed by atoms with E-state index in [9.17, 15) is 0 Å². The van der Waals surface area contributed by atoms with Crippen LogP contribution in [-0.2, 0) is 6.42 Å². The number of nitrogens with zero attached hydrogens (tertiary/aromatic N) is 3. The Morgan fingerprint density at radius 1 is 1.35 bits per heavy atom. The first-order valence-corrected chi connectivity index (χ1v) is 6.45. The highest BCUT2D eigenvalue weighted by atomic mass is 32.1. The van der Waals surface area contributed by atoms with Crippen LogP contribution in [0.1, 0.15) is 28.3 Å². The highest BCUT2D eigenvalue weighted by Gasteiger charge is 2.13. The largest absolute Gasteiger partial charge is 0.311 e. The molecule has 0 saturated carbocycles. The van der Waals surface area contributed by atoms with Crippen molar-refractivity contribution in [2.75, 3.05) is 7.05 Å². The quantitative estimate of drug-likeness (QED) is 0.899. The fourth-order valence-corrected chi connectivity index (χ4v) is 2.36. The zero-order chi connectivity index (χ0) is 12.3. The van der Waals surface area contributed by atoms with Gasteiger partial charge in [-0.05, 0) is 27.0 Å². The lowest BCUT2D eigenvalue weighted by atomic mass is 10.1. The second-order valence-electron chi connectivity index (χ2n) is 3.93. The molecule has 2 aromatic rings. The fraction of sp³-hybridized carbons (Fsp3) is 0.417. The summed E-state index contributed by atoms with van der Waals surface area (Å²) in [4.78, 5) is 13.0. The van der Waals surface area contributed by atoms with Gasteiger partial charge in [0.15, 0.2) is 0 Å². The fourth-order valence-electron chi connectivity index (χ4n) is 1.73. The van der Waals surface area contributed by atoms with Gasteiger partial charge < -0.3 is 5.32 Å². The molecule has 5 heteroatoms. The normalized spacial score (nSPS) is 12.6. The maximum atomic E-state index is 4.48. The first-order chi connectivity index (χ1) is 8.19. The van der Waals surface area contributed by atoms with Crippen molar-refractivity contribution in [1.82, 2.24) is 20.3 Å². The van der Waals surface area contributed by atoms with Gasteiger partial charge in [-0.25, -0.2) is 15.0 Å². The Morgan fingerprint density at radius 3 is 2.76 bits per heavy atom. The van der Waals surface area contributed by atoms with Gasteiger partial charge in [0.2, 0.25) is 0 Å². The lowest BCUT2D eigenvalue weighted by molar-refractivity contribution is 0.566. The zero-order valence-electron chi connectivity index (χ0n) is 10.3. The van der Waals surface area contributed by atoms with Gasteiger partial charge >= 0.3 is 0 Å². The van der Waals surface area contributed by atoms with Crippen LogP contribution in [-0.4, -0.2) is 22.0 Å². The molecular weight excluding hydrogens is 232 g/mol. The molecule has 1 unspecified atom stereocenters. The van der Waals surface area contributed by atoms with Crippen molar-refractivity contribution in [2.45, 2.75) is 26.3 Å². The van der Waals surface area contributed by atoms with Gasteiger partial charge in [0.1, 0.15) is 5.82 Å². The van der Waals surface area contributed by atoms with Gasteiger partial charge in [-0.1, -0.05) is 0 Å². The first kappa shape index (κ1) is 12.1. The third-order valence-electron chi connectivity index (χ3n) is 2.58. The Morgan fingerprint density at radius 2 is 2.18 bits per heavy atom. The molecule has 17 heavy (non-hydrogen) atoms. The molecule has 0 bridgehead atoms. The van der Waals surface area contributed by atoms with E-state index in [1.807, 2.05) is 27.0 Å². The van der Waals surface area contributed by atoms with Crippen LogP contribution in [0.25, 0.3) is 0 Å². The molecule has 0 radical (unpaired) electrons. The summed E-state index contributed by atoms with van der Waals surface area (Å²) >= 11 is 1.68. The van der Waals surface area contributed by atoms with Gasteiger partial charge in [0.25, 0.3) is 0 Å². The number of hydrogen-bond donors (Lipinski definition) is 1. The molecule has 0 aliphatic rings. The zero-order valence-corrected chi connectivity index (χ0v) is 11.1. The molecule has 2 rings (SSSR count). The number of nitrogens with one attached hydrogen (secondary N) is 1. The number of thiazole rings is 1. The summed E-state index contributed by atoms with van der Waals surface area (Å²) in [6.07, 6.45) is 2.66. The minimum Gasteiger partial charge on any atom is -0.311 e. The molecule has 0 aliphatic heterocycles. The standard InChI is InChI=1S/C12H16N4S/c1-8-14-5-4-11(15-8)12(13-3)6-10-7-17-9(2)16-10/h4-5,7,12-13H,6H2,1-3H3. The van der Waals surface area contributed by atoms with Crippen molar-refractivity contribution in [3.05, 3.63) is 39.9 Å². The van der Waals surface area contributed by atoms with Crippen molar-refractivity contribution in [3.63, 3.8) is 0 Å². The summed E-state index contributed by atoms with van der Waals surface area (Å²) in [5, 5.41) is 6.49. The number of likely N-dealkylation sites (N-methyl/N-ethyl adjacent to an activating group) is 1.